The third-order valence-corrected chi connectivity index (χ3v) is 6.46. The highest BCUT2D eigenvalue weighted by molar-refractivity contribution is 6.30. The lowest BCUT2D eigenvalue weighted by Gasteiger charge is -2.51. The number of urea groups is 1. The summed E-state index contributed by atoms with van der Waals surface area (Å²) in [5.41, 5.74) is 0.392. The molecule has 1 spiro atoms. The lowest BCUT2D eigenvalue weighted by atomic mass is 9.78. The van der Waals surface area contributed by atoms with Crippen LogP contribution in [-0.4, -0.2) is 29.9 Å². The highest BCUT2D eigenvalue weighted by Crippen LogP contribution is 2.54. The molecule has 2 aliphatic rings. The van der Waals surface area contributed by atoms with Crippen molar-refractivity contribution >= 4 is 34.7 Å². The maximum Gasteiger partial charge on any atom is 0.332 e. The van der Waals surface area contributed by atoms with Crippen molar-refractivity contribution in [2.45, 2.75) is 18.2 Å². The number of benzene rings is 3. The average molecular weight is 446 g/mol. The zero-order valence-corrected chi connectivity index (χ0v) is 18.1. The summed E-state index contributed by atoms with van der Waals surface area (Å²) >= 11 is 6.08. The minimum Gasteiger partial charge on any atom is -0.376 e. The minimum absolute atomic E-state index is 0.169. The van der Waals surface area contributed by atoms with Crippen LogP contribution in [0.3, 0.4) is 0 Å². The van der Waals surface area contributed by atoms with Crippen LogP contribution in [-0.2, 0) is 10.5 Å². The molecule has 3 aromatic rings. The molecule has 2 heterocycles. The van der Waals surface area contributed by atoms with Gasteiger partial charge in [-0.3, -0.25) is 9.80 Å². The molecular weight excluding hydrogens is 426 g/mol. The van der Waals surface area contributed by atoms with Crippen LogP contribution in [0.2, 0.25) is 5.02 Å². The quantitative estimate of drug-likeness (QED) is 0.559. The van der Waals surface area contributed by atoms with Gasteiger partial charge >= 0.3 is 6.03 Å². The van der Waals surface area contributed by atoms with Gasteiger partial charge in [-0.2, -0.15) is 0 Å². The number of amides is 2. The lowest BCUT2D eigenvalue weighted by Crippen LogP contribution is -2.70. The first kappa shape index (κ1) is 20.5. The van der Waals surface area contributed by atoms with Crippen LogP contribution in [0, 0.1) is 13.5 Å². The molecular formula is C25H20ClN3O3. The second-order valence-corrected chi connectivity index (χ2v) is 8.56. The van der Waals surface area contributed by atoms with Gasteiger partial charge < -0.3 is 9.84 Å². The number of hydrogen-bond acceptors (Lipinski definition) is 3. The zero-order valence-electron chi connectivity index (χ0n) is 17.3. The summed E-state index contributed by atoms with van der Waals surface area (Å²) in [6, 6.07) is 20.8. The topological polar surface area (TPSA) is 57.4 Å². The van der Waals surface area contributed by atoms with Crippen molar-refractivity contribution in [3.8, 4) is 0 Å². The molecule has 1 atom stereocenters. The number of rotatable bonds is 3. The third-order valence-electron chi connectivity index (χ3n) is 6.21. The molecule has 3 aromatic carbocycles. The number of carbonyl (C=O) groups excluding carboxylic acids is 1. The van der Waals surface area contributed by atoms with E-state index in [0.29, 0.717) is 27.6 Å². The maximum absolute atomic E-state index is 14.0. The van der Waals surface area contributed by atoms with E-state index in [1.54, 1.807) is 53.4 Å². The standard InChI is InChI=1S/C25H20ClN3O3/c1-17-4-3-5-18(14-17)25(31)24(15-32-16-24)28(21-10-6-19(26)7-11-21)23(30)29(25)22-12-8-20(27-2)9-13-22/h3-14,31H,15-16H2,1H3. The Hall–Kier alpha value is -3.37. The summed E-state index contributed by atoms with van der Waals surface area (Å²) in [7, 11) is 0. The molecule has 6 nitrogen and oxygen atoms in total. The summed E-state index contributed by atoms with van der Waals surface area (Å²) in [5.74, 6) is 0. The van der Waals surface area contributed by atoms with Crippen molar-refractivity contribution in [1.29, 1.82) is 0 Å². The Morgan fingerprint density at radius 1 is 1.00 bits per heavy atom. The smallest absolute Gasteiger partial charge is 0.332 e. The van der Waals surface area contributed by atoms with Gasteiger partial charge in [0.05, 0.1) is 19.8 Å². The Kier molecular flexibility index (Phi) is 4.72. The van der Waals surface area contributed by atoms with Crippen molar-refractivity contribution in [2.24, 2.45) is 0 Å². The van der Waals surface area contributed by atoms with Crippen LogP contribution in [0.1, 0.15) is 11.1 Å². The van der Waals surface area contributed by atoms with E-state index in [9.17, 15) is 9.90 Å². The Bertz CT molecular complexity index is 1230. The van der Waals surface area contributed by atoms with Gasteiger partial charge in [-0.15, -0.1) is 0 Å². The Balaban J connectivity index is 1.75. The molecule has 2 amide bonds. The molecule has 0 saturated carbocycles. The Labute approximate surface area is 191 Å². The second-order valence-electron chi connectivity index (χ2n) is 8.12. The van der Waals surface area contributed by atoms with Crippen LogP contribution in [0.25, 0.3) is 4.85 Å². The van der Waals surface area contributed by atoms with Gasteiger partial charge in [0.1, 0.15) is 5.54 Å². The molecule has 160 valence electrons. The average Bonchev–Trinajstić information content (AvgIpc) is 2.99. The SMILES string of the molecule is [C-]#[N+]c1ccc(N2C(=O)N(c3ccc(Cl)cc3)C3(COC3)C2(O)c2cccc(C)c2)cc1. The van der Waals surface area contributed by atoms with E-state index < -0.39 is 11.3 Å². The maximum atomic E-state index is 14.0. The number of hydrogen-bond donors (Lipinski definition) is 1. The first-order valence-electron chi connectivity index (χ1n) is 10.2. The molecule has 2 aliphatic heterocycles. The van der Waals surface area contributed by atoms with Crippen LogP contribution >= 0.6 is 11.6 Å². The molecule has 32 heavy (non-hydrogen) atoms. The van der Waals surface area contributed by atoms with Crippen molar-refractivity contribution in [3.05, 3.63) is 100 Å². The largest absolute Gasteiger partial charge is 0.376 e. The molecule has 0 bridgehead atoms. The first-order chi connectivity index (χ1) is 15.4. The van der Waals surface area contributed by atoms with E-state index in [4.69, 9.17) is 22.9 Å². The predicted octanol–water partition coefficient (Wildman–Crippen LogP) is 5.26. The normalized spacial score (nSPS) is 21.5. The van der Waals surface area contributed by atoms with Crippen molar-refractivity contribution in [3.63, 3.8) is 0 Å². The summed E-state index contributed by atoms with van der Waals surface area (Å²) in [6.07, 6.45) is 0. The number of anilines is 2. The zero-order chi connectivity index (χ0) is 22.5. The molecule has 1 unspecified atom stereocenters. The number of aliphatic hydroxyl groups is 1. The Morgan fingerprint density at radius 2 is 1.62 bits per heavy atom. The van der Waals surface area contributed by atoms with E-state index in [2.05, 4.69) is 4.85 Å². The van der Waals surface area contributed by atoms with Gasteiger partial charge in [0.15, 0.2) is 5.69 Å². The number of aryl methyl sites for hydroxylation is 1. The number of nitrogens with zero attached hydrogens (tertiary/aromatic N) is 3. The number of carbonyl (C=O) groups is 1. The monoisotopic (exact) mass is 445 g/mol. The summed E-state index contributed by atoms with van der Waals surface area (Å²) in [5, 5.41) is 13.0. The molecule has 0 aromatic heterocycles. The van der Waals surface area contributed by atoms with E-state index in [0.717, 1.165) is 5.56 Å². The van der Waals surface area contributed by atoms with Gasteiger partial charge in [-0.05, 0) is 43.3 Å². The molecule has 0 aliphatic carbocycles. The summed E-state index contributed by atoms with van der Waals surface area (Å²) in [4.78, 5) is 20.4. The van der Waals surface area contributed by atoms with Crippen LogP contribution in [0.15, 0.2) is 72.8 Å². The Morgan fingerprint density at radius 3 is 2.19 bits per heavy atom. The van der Waals surface area contributed by atoms with Gasteiger partial charge in [0.25, 0.3) is 0 Å². The summed E-state index contributed by atoms with van der Waals surface area (Å²) < 4.78 is 5.61. The minimum atomic E-state index is -1.70. The fourth-order valence-corrected chi connectivity index (χ4v) is 4.72. The van der Waals surface area contributed by atoms with Crippen LogP contribution in [0.4, 0.5) is 21.9 Å². The molecule has 2 saturated heterocycles. The molecule has 7 heteroatoms. The van der Waals surface area contributed by atoms with Gasteiger partial charge in [-0.1, -0.05) is 53.6 Å². The molecule has 1 N–H and O–H groups in total. The van der Waals surface area contributed by atoms with Gasteiger partial charge in [0.2, 0.25) is 5.72 Å². The second kappa shape index (κ2) is 7.35. The van der Waals surface area contributed by atoms with Crippen molar-refractivity contribution in [2.75, 3.05) is 23.0 Å². The predicted molar refractivity (Wildman–Crippen MR) is 123 cm³/mol. The third kappa shape index (κ3) is 2.76. The fourth-order valence-electron chi connectivity index (χ4n) is 4.59. The van der Waals surface area contributed by atoms with Gasteiger partial charge in [-0.25, -0.2) is 9.64 Å². The van der Waals surface area contributed by atoms with Crippen LogP contribution in [0.5, 0.6) is 0 Å². The highest BCUT2D eigenvalue weighted by Gasteiger charge is 2.72. The van der Waals surface area contributed by atoms with E-state index in [1.165, 1.54) is 4.90 Å². The van der Waals surface area contributed by atoms with Gasteiger partial charge in [0, 0.05) is 22.0 Å². The van der Waals surface area contributed by atoms with E-state index in [-0.39, 0.29) is 19.2 Å². The number of halogens is 1. The van der Waals surface area contributed by atoms with E-state index in [1.807, 2.05) is 31.2 Å². The lowest BCUT2D eigenvalue weighted by molar-refractivity contribution is -0.153. The first-order valence-corrected chi connectivity index (χ1v) is 10.5. The fraction of sp³-hybridized carbons (Fsp3) is 0.200. The van der Waals surface area contributed by atoms with Crippen molar-refractivity contribution < 1.29 is 14.6 Å². The molecule has 2 fully saturated rings. The summed E-state index contributed by atoms with van der Waals surface area (Å²) in [6.45, 7) is 9.50. The van der Waals surface area contributed by atoms with Crippen molar-refractivity contribution in [1.82, 2.24) is 0 Å². The van der Waals surface area contributed by atoms with E-state index >= 15 is 0 Å². The number of ether oxygens (including phenoxy) is 1. The molecule has 5 rings (SSSR count). The highest BCUT2D eigenvalue weighted by atomic mass is 35.5. The van der Waals surface area contributed by atoms with Crippen LogP contribution < -0.4 is 9.80 Å². The molecule has 0 radical (unpaired) electrons.